The maximum atomic E-state index is 12.7. The number of amides is 2. The Hall–Kier alpha value is -3.04. The number of anilines is 2. The van der Waals surface area contributed by atoms with E-state index >= 15 is 0 Å². The van der Waals surface area contributed by atoms with Gasteiger partial charge in [0.2, 0.25) is 0 Å². The summed E-state index contributed by atoms with van der Waals surface area (Å²) >= 11 is 0. The van der Waals surface area contributed by atoms with Crippen LogP contribution in [0.15, 0.2) is 12.4 Å². The Balaban J connectivity index is 1.96. The van der Waals surface area contributed by atoms with Crippen molar-refractivity contribution in [2.24, 2.45) is 7.05 Å². The van der Waals surface area contributed by atoms with Gasteiger partial charge >= 0.3 is 0 Å². The van der Waals surface area contributed by atoms with E-state index in [-0.39, 0.29) is 23.4 Å². The van der Waals surface area contributed by atoms with Gasteiger partial charge in [-0.05, 0) is 61.3 Å². The smallest absolute Gasteiger partial charge is 0.274 e. The third-order valence-corrected chi connectivity index (χ3v) is 4.81. The van der Waals surface area contributed by atoms with E-state index in [4.69, 9.17) is 0 Å². The molecule has 10 heteroatoms. The average molecular weight is 447 g/mol. The van der Waals surface area contributed by atoms with Gasteiger partial charge in [-0.2, -0.15) is 10.2 Å². The molecule has 0 spiro atoms. The monoisotopic (exact) mass is 446 g/mol. The van der Waals surface area contributed by atoms with E-state index in [0.29, 0.717) is 29.3 Å². The molecule has 2 rings (SSSR count). The van der Waals surface area contributed by atoms with E-state index in [1.165, 1.54) is 0 Å². The van der Waals surface area contributed by atoms with Crippen LogP contribution in [0, 0.1) is 0 Å². The Morgan fingerprint density at radius 3 is 2.38 bits per heavy atom. The Labute approximate surface area is 190 Å². The highest BCUT2D eigenvalue weighted by Crippen LogP contribution is 2.20. The van der Waals surface area contributed by atoms with Crippen LogP contribution in [0.4, 0.5) is 11.4 Å². The zero-order valence-corrected chi connectivity index (χ0v) is 20.5. The van der Waals surface area contributed by atoms with Crippen LogP contribution in [0.1, 0.15) is 82.3 Å². The van der Waals surface area contributed by atoms with Crippen LogP contribution < -0.4 is 21.3 Å². The molecule has 1 unspecified atom stereocenters. The first kappa shape index (κ1) is 25.2. The lowest BCUT2D eigenvalue weighted by Gasteiger charge is -2.28. The number of aryl methyl sites for hydroxylation is 1. The molecule has 0 saturated carbocycles. The maximum Gasteiger partial charge on any atom is 0.274 e. The number of carbonyl (C=O) groups is 2. The topological polar surface area (TPSA) is 129 Å². The first-order chi connectivity index (χ1) is 14.8. The molecule has 0 fully saturated rings. The summed E-state index contributed by atoms with van der Waals surface area (Å²) in [6.45, 7) is 14.5. The molecule has 1 atom stereocenters. The standard InChI is InChI=1S/C22H38N8O2/c1-9-23-15-12-24-28-17(15)19(31)27-22(6,7)11-10-14(2)25-16-13-30(8)29-18(16)20(32)26-21(3,4)5/h12-14,23,25H,9-11H2,1-8H3,(H,24,28)(H,26,32)(H,27,31). The van der Waals surface area contributed by atoms with Crippen molar-refractivity contribution in [2.75, 3.05) is 17.2 Å². The molecular formula is C22H38N8O2. The number of nitrogens with one attached hydrogen (secondary N) is 5. The molecule has 0 saturated heterocycles. The highest BCUT2D eigenvalue weighted by molar-refractivity contribution is 5.98. The van der Waals surface area contributed by atoms with Gasteiger partial charge in [0.25, 0.3) is 11.8 Å². The maximum absolute atomic E-state index is 12.7. The molecule has 0 aliphatic carbocycles. The number of H-pyrrole nitrogens is 1. The molecule has 0 aliphatic heterocycles. The number of aromatic nitrogens is 4. The summed E-state index contributed by atoms with van der Waals surface area (Å²) in [7, 11) is 1.79. The van der Waals surface area contributed by atoms with Crippen molar-refractivity contribution in [1.82, 2.24) is 30.6 Å². The van der Waals surface area contributed by atoms with Crippen LogP contribution >= 0.6 is 0 Å². The first-order valence-electron chi connectivity index (χ1n) is 11.0. The van der Waals surface area contributed by atoms with Crippen LogP contribution in [0.5, 0.6) is 0 Å². The molecule has 5 N–H and O–H groups in total. The summed E-state index contributed by atoms with van der Waals surface area (Å²) in [5.41, 5.74) is 1.33. The fraction of sp³-hybridized carbons (Fsp3) is 0.636. The first-order valence-corrected chi connectivity index (χ1v) is 11.0. The molecule has 0 radical (unpaired) electrons. The number of nitrogens with zero attached hydrogens (tertiary/aromatic N) is 3. The summed E-state index contributed by atoms with van der Waals surface area (Å²) in [6.07, 6.45) is 5.00. The fourth-order valence-corrected chi connectivity index (χ4v) is 3.29. The van der Waals surface area contributed by atoms with Crippen molar-refractivity contribution < 1.29 is 9.59 Å². The van der Waals surface area contributed by atoms with Gasteiger partial charge in [-0.3, -0.25) is 19.4 Å². The van der Waals surface area contributed by atoms with E-state index in [1.54, 1.807) is 24.1 Å². The molecule has 10 nitrogen and oxygen atoms in total. The molecule has 0 aromatic carbocycles. The van der Waals surface area contributed by atoms with Crippen molar-refractivity contribution in [3.63, 3.8) is 0 Å². The third kappa shape index (κ3) is 7.28. The highest BCUT2D eigenvalue weighted by atomic mass is 16.2. The van der Waals surface area contributed by atoms with Crippen LogP contribution in [-0.4, -0.2) is 55.5 Å². The van der Waals surface area contributed by atoms with Gasteiger partial charge in [-0.1, -0.05) is 0 Å². The van der Waals surface area contributed by atoms with Gasteiger partial charge < -0.3 is 21.3 Å². The lowest BCUT2D eigenvalue weighted by molar-refractivity contribution is 0.0897. The van der Waals surface area contributed by atoms with Crippen LogP contribution in [0.2, 0.25) is 0 Å². The van der Waals surface area contributed by atoms with Crippen LogP contribution in [0.25, 0.3) is 0 Å². The summed E-state index contributed by atoms with van der Waals surface area (Å²) in [6, 6.07) is 0.0688. The summed E-state index contributed by atoms with van der Waals surface area (Å²) in [5, 5.41) is 23.7. The molecule has 178 valence electrons. The van der Waals surface area contributed by atoms with E-state index in [2.05, 4.69) is 36.6 Å². The number of hydrogen-bond donors (Lipinski definition) is 5. The average Bonchev–Trinajstić information content (AvgIpc) is 3.25. The fourth-order valence-electron chi connectivity index (χ4n) is 3.29. The zero-order chi connectivity index (χ0) is 24.1. The van der Waals surface area contributed by atoms with Crippen molar-refractivity contribution in [2.45, 2.75) is 78.4 Å². The van der Waals surface area contributed by atoms with Crippen molar-refractivity contribution in [3.05, 3.63) is 23.8 Å². The predicted octanol–water partition coefficient (Wildman–Crippen LogP) is 2.89. The van der Waals surface area contributed by atoms with E-state index in [0.717, 1.165) is 12.8 Å². The van der Waals surface area contributed by atoms with E-state index in [1.807, 2.05) is 48.5 Å². The van der Waals surface area contributed by atoms with E-state index < -0.39 is 5.54 Å². The molecule has 32 heavy (non-hydrogen) atoms. The van der Waals surface area contributed by atoms with Crippen molar-refractivity contribution >= 4 is 23.2 Å². The Kier molecular flexibility index (Phi) is 7.92. The Morgan fingerprint density at radius 2 is 1.75 bits per heavy atom. The van der Waals surface area contributed by atoms with Crippen molar-refractivity contribution in [1.29, 1.82) is 0 Å². The molecule has 2 heterocycles. The number of carbonyl (C=O) groups excluding carboxylic acids is 2. The summed E-state index contributed by atoms with van der Waals surface area (Å²) < 4.78 is 1.63. The molecule has 2 aromatic rings. The lowest BCUT2D eigenvalue weighted by atomic mass is 9.95. The van der Waals surface area contributed by atoms with Gasteiger partial charge in [0, 0.05) is 43.1 Å². The van der Waals surface area contributed by atoms with Crippen LogP contribution in [0.3, 0.4) is 0 Å². The molecular weight excluding hydrogens is 408 g/mol. The second-order valence-corrected chi connectivity index (χ2v) is 9.87. The summed E-state index contributed by atoms with van der Waals surface area (Å²) in [4.78, 5) is 25.3. The Bertz CT molecular complexity index is 923. The normalized spacial score (nSPS) is 12.9. The summed E-state index contributed by atoms with van der Waals surface area (Å²) in [5.74, 6) is -0.433. The van der Waals surface area contributed by atoms with Gasteiger partial charge in [0.1, 0.15) is 0 Å². The van der Waals surface area contributed by atoms with Crippen LogP contribution in [-0.2, 0) is 7.05 Å². The van der Waals surface area contributed by atoms with E-state index in [9.17, 15) is 9.59 Å². The number of aromatic amines is 1. The van der Waals surface area contributed by atoms with Gasteiger partial charge in [0.05, 0.1) is 11.4 Å². The lowest BCUT2D eigenvalue weighted by Crippen LogP contribution is -2.44. The minimum atomic E-state index is -0.434. The molecule has 0 bridgehead atoms. The van der Waals surface area contributed by atoms with Crippen molar-refractivity contribution in [3.8, 4) is 0 Å². The second-order valence-electron chi connectivity index (χ2n) is 9.87. The largest absolute Gasteiger partial charge is 0.382 e. The Morgan fingerprint density at radius 1 is 1.09 bits per heavy atom. The minimum absolute atomic E-state index is 0.0688. The third-order valence-electron chi connectivity index (χ3n) is 4.81. The number of hydrogen-bond acceptors (Lipinski definition) is 6. The highest BCUT2D eigenvalue weighted by Gasteiger charge is 2.26. The van der Waals surface area contributed by atoms with Gasteiger partial charge in [0.15, 0.2) is 11.4 Å². The molecule has 0 aliphatic rings. The second kappa shape index (κ2) is 10.1. The quantitative estimate of drug-likeness (QED) is 0.382. The van der Waals surface area contributed by atoms with Gasteiger partial charge in [-0.15, -0.1) is 0 Å². The minimum Gasteiger partial charge on any atom is -0.382 e. The zero-order valence-electron chi connectivity index (χ0n) is 20.5. The SMILES string of the molecule is CCNc1c[nH]nc1C(=O)NC(C)(C)CCC(C)Nc1cn(C)nc1C(=O)NC(C)(C)C. The molecule has 2 amide bonds. The number of rotatable bonds is 10. The van der Waals surface area contributed by atoms with Gasteiger partial charge in [-0.25, -0.2) is 0 Å². The predicted molar refractivity (Wildman–Crippen MR) is 127 cm³/mol. The molecule has 2 aromatic heterocycles.